The molecule has 12 aromatic rings. The fraction of sp³-hybridized carbons (Fsp3) is 0.0175. The van der Waals surface area contributed by atoms with Crippen LogP contribution in [0.2, 0.25) is 0 Å². The Morgan fingerprint density at radius 3 is 1.75 bits per heavy atom. The summed E-state index contributed by atoms with van der Waals surface area (Å²) in [4.78, 5) is 10.8. The number of rotatable bonds is 6. The monoisotopic (exact) mass is 807 g/mol. The number of nitrogens with one attached hydrogen (secondary N) is 1. The lowest BCUT2D eigenvalue weighted by atomic mass is 9.97. The number of furan rings is 1. The van der Waals surface area contributed by atoms with E-state index in [2.05, 4.69) is 215 Å². The molecule has 6 heteroatoms. The molecular formula is C57H37N5O. The Kier molecular flexibility index (Phi) is 7.87. The number of aliphatic imine (C=N–C) groups is 2. The van der Waals surface area contributed by atoms with Gasteiger partial charge < -0.3 is 18.9 Å². The maximum atomic E-state index is 6.58. The summed E-state index contributed by atoms with van der Waals surface area (Å²) in [6.45, 7) is 0. The quantitative estimate of drug-likeness (QED) is 0.182. The van der Waals surface area contributed by atoms with E-state index >= 15 is 0 Å². The second kappa shape index (κ2) is 14.0. The first-order valence-corrected chi connectivity index (χ1v) is 21.4. The van der Waals surface area contributed by atoms with Gasteiger partial charge in [-0.25, -0.2) is 9.98 Å². The van der Waals surface area contributed by atoms with Crippen molar-refractivity contribution in [3.8, 4) is 22.5 Å². The SMILES string of the molecule is c1ccc(-c2ccccc2C2N=C(c3cccc4c3oc3ccccc34)N=C(c3cccc(-n4c5ccccc5c5ccc6c7ccccc7n(-c7ccccc7)c6c54)c3)N2)cc1. The molecule has 4 heterocycles. The van der Waals surface area contributed by atoms with Gasteiger partial charge in [0.05, 0.1) is 27.6 Å². The topological polar surface area (TPSA) is 59.8 Å². The molecule has 0 saturated carbocycles. The highest BCUT2D eigenvalue weighted by molar-refractivity contribution is 6.24. The second-order valence-corrected chi connectivity index (χ2v) is 16.1. The van der Waals surface area contributed by atoms with Crippen LogP contribution in [0.4, 0.5) is 0 Å². The predicted molar refractivity (Wildman–Crippen MR) is 260 cm³/mol. The lowest BCUT2D eigenvalue weighted by Crippen LogP contribution is -2.34. The van der Waals surface area contributed by atoms with Gasteiger partial charge in [0.1, 0.15) is 23.2 Å². The van der Waals surface area contributed by atoms with Gasteiger partial charge in [-0.15, -0.1) is 0 Å². The van der Waals surface area contributed by atoms with Crippen molar-refractivity contribution in [2.75, 3.05) is 0 Å². The van der Waals surface area contributed by atoms with Crippen molar-refractivity contribution in [1.82, 2.24) is 14.5 Å². The van der Waals surface area contributed by atoms with E-state index in [0.717, 1.165) is 78.0 Å². The Balaban J connectivity index is 1.04. The molecule has 0 radical (unpaired) electrons. The van der Waals surface area contributed by atoms with Crippen LogP contribution in [-0.2, 0) is 0 Å². The molecule has 1 atom stereocenters. The van der Waals surface area contributed by atoms with Crippen LogP contribution in [0.3, 0.4) is 0 Å². The van der Waals surface area contributed by atoms with E-state index in [0.29, 0.717) is 5.84 Å². The summed E-state index contributed by atoms with van der Waals surface area (Å²) in [6.07, 6.45) is -0.443. The van der Waals surface area contributed by atoms with Gasteiger partial charge in [0.25, 0.3) is 0 Å². The third-order valence-electron chi connectivity index (χ3n) is 12.6. The molecule has 9 aromatic carbocycles. The zero-order valence-electron chi connectivity index (χ0n) is 34.0. The summed E-state index contributed by atoms with van der Waals surface area (Å²) < 4.78 is 11.4. The molecular weight excluding hydrogens is 771 g/mol. The molecule has 63 heavy (non-hydrogen) atoms. The maximum absolute atomic E-state index is 6.58. The summed E-state index contributed by atoms with van der Waals surface area (Å²) in [6, 6.07) is 75.0. The van der Waals surface area contributed by atoms with Gasteiger partial charge in [-0.05, 0) is 59.7 Å². The largest absolute Gasteiger partial charge is 0.455 e. The molecule has 296 valence electrons. The first-order valence-electron chi connectivity index (χ1n) is 21.4. The van der Waals surface area contributed by atoms with Gasteiger partial charge in [-0.2, -0.15) is 0 Å². The Morgan fingerprint density at radius 2 is 0.984 bits per heavy atom. The average Bonchev–Trinajstić information content (AvgIpc) is 4.02. The fourth-order valence-electron chi connectivity index (χ4n) is 9.82. The third kappa shape index (κ3) is 5.51. The van der Waals surface area contributed by atoms with Gasteiger partial charge in [0.15, 0.2) is 5.84 Å². The summed E-state index contributed by atoms with van der Waals surface area (Å²) in [7, 11) is 0. The predicted octanol–water partition coefficient (Wildman–Crippen LogP) is 13.9. The van der Waals surface area contributed by atoms with E-state index in [-0.39, 0.29) is 0 Å². The molecule has 0 aliphatic carbocycles. The van der Waals surface area contributed by atoms with Crippen LogP contribution in [0.5, 0.6) is 0 Å². The van der Waals surface area contributed by atoms with Gasteiger partial charge >= 0.3 is 0 Å². The van der Waals surface area contributed by atoms with Crippen molar-refractivity contribution in [2.24, 2.45) is 9.98 Å². The van der Waals surface area contributed by atoms with Crippen molar-refractivity contribution >= 4 is 77.2 Å². The molecule has 13 rings (SSSR count). The van der Waals surface area contributed by atoms with Crippen LogP contribution in [-0.4, -0.2) is 20.8 Å². The molecule has 3 aromatic heterocycles. The van der Waals surface area contributed by atoms with Gasteiger partial charge in [-0.1, -0.05) is 164 Å². The number of amidine groups is 2. The molecule has 0 amide bonds. The average molecular weight is 808 g/mol. The Hall–Kier alpha value is -8.48. The van der Waals surface area contributed by atoms with Crippen LogP contribution in [0.25, 0.3) is 88.1 Å². The second-order valence-electron chi connectivity index (χ2n) is 16.1. The number of hydrogen-bond acceptors (Lipinski definition) is 4. The van der Waals surface area contributed by atoms with E-state index < -0.39 is 6.17 Å². The van der Waals surface area contributed by atoms with Gasteiger partial charge in [0, 0.05) is 54.8 Å². The molecule has 1 unspecified atom stereocenters. The molecule has 0 bridgehead atoms. The Bertz CT molecular complexity index is 3830. The Labute approximate surface area is 362 Å². The highest BCUT2D eigenvalue weighted by Crippen LogP contribution is 2.42. The highest BCUT2D eigenvalue weighted by atomic mass is 16.3. The van der Waals surface area contributed by atoms with E-state index in [9.17, 15) is 0 Å². The number of fused-ring (bicyclic) bond motifs is 10. The summed E-state index contributed by atoms with van der Waals surface area (Å²) in [5.74, 6) is 1.34. The van der Waals surface area contributed by atoms with E-state index in [1.165, 1.54) is 32.6 Å². The first-order chi connectivity index (χ1) is 31.3. The number of benzene rings is 9. The van der Waals surface area contributed by atoms with Crippen LogP contribution >= 0.6 is 0 Å². The van der Waals surface area contributed by atoms with E-state index in [1.54, 1.807) is 0 Å². The molecule has 0 saturated heterocycles. The molecule has 1 aliphatic rings. The summed E-state index contributed by atoms with van der Waals surface area (Å²) >= 11 is 0. The van der Waals surface area contributed by atoms with Crippen molar-refractivity contribution in [1.29, 1.82) is 0 Å². The molecule has 6 nitrogen and oxygen atoms in total. The molecule has 0 spiro atoms. The normalized spacial score (nSPS) is 14.2. The van der Waals surface area contributed by atoms with Crippen molar-refractivity contribution in [3.63, 3.8) is 0 Å². The zero-order chi connectivity index (χ0) is 41.4. The zero-order valence-corrected chi connectivity index (χ0v) is 34.0. The van der Waals surface area contributed by atoms with Gasteiger partial charge in [-0.3, -0.25) is 0 Å². The van der Waals surface area contributed by atoms with Crippen LogP contribution < -0.4 is 5.32 Å². The minimum atomic E-state index is -0.443. The van der Waals surface area contributed by atoms with Crippen molar-refractivity contribution in [2.45, 2.75) is 6.17 Å². The minimum Gasteiger partial charge on any atom is -0.455 e. The standard InChI is InChI=1S/C57H37N5O/c1-3-17-36(18-4-1)40-23-7-8-27-47(40)56-58-55(59-57(60-56)48-29-16-28-46-43-26-11-14-32-51(43)63-54(46)48)37-19-15-22-39(35-37)62-50-31-13-10-25-42(50)45-34-33-44-41-24-9-12-30-49(41)61(52(44)53(45)62)38-20-5-2-6-21-38/h1-35,56H,(H,58,59,60). The smallest absolute Gasteiger partial charge is 0.163 e. The lowest BCUT2D eigenvalue weighted by molar-refractivity contribution is 0.663. The summed E-state index contributed by atoms with van der Waals surface area (Å²) in [5.41, 5.74) is 13.5. The maximum Gasteiger partial charge on any atom is 0.163 e. The molecule has 0 fully saturated rings. The Morgan fingerprint density at radius 1 is 0.429 bits per heavy atom. The molecule has 1 N–H and O–H groups in total. The first kappa shape index (κ1) is 35.3. The van der Waals surface area contributed by atoms with E-state index in [4.69, 9.17) is 14.4 Å². The van der Waals surface area contributed by atoms with E-state index in [1.807, 2.05) is 12.1 Å². The summed E-state index contributed by atoms with van der Waals surface area (Å²) in [5, 5.41) is 10.7. The van der Waals surface area contributed by atoms with Gasteiger partial charge in [0.2, 0.25) is 0 Å². The van der Waals surface area contributed by atoms with Crippen molar-refractivity contribution < 1.29 is 4.42 Å². The van der Waals surface area contributed by atoms with Crippen LogP contribution in [0.1, 0.15) is 22.9 Å². The third-order valence-corrected chi connectivity index (χ3v) is 12.6. The molecule has 1 aliphatic heterocycles. The number of hydrogen-bond donors (Lipinski definition) is 1. The number of nitrogens with zero attached hydrogens (tertiary/aromatic N) is 4. The van der Waals surface area contributed by atoms with Crippen LogP contribution in [0, 0.1) is 0 Å². The fourth-order valence-corrected chi connectivity index (χ4v) is 9.82. The number of aromatic nitrogens is 2. The minimum absolute atomic E-state index is 0.443. The lowest BCUT2D eigenvalue weighted by Gasteiger charge is -2.25. The van der Waals surface area contributed by atoms with Crippen LogP contribution in [0.15, 0.2) is 227 Å². The van der Waals surface area contributed by atoms with Crippen molar-refractivity contribution in [3.05, 3.63) is 229 Å². The number of para-hydroxylation sites is 5. The highest BCUT2D eigenvalue weighted by Gasteiger charge is 2.27.